The summed E-state index contributed by atoms with van der Waals surface area (Å²) in [6, 6.07) is 16.4. The smallest absolute Gasteiger partial charge is 0.408 e. The van der Waals surface area contributed by atoms with Gasteiger partial charge in [0.15, 0.2) is 23.7 Å². The number of alkyl carbamates (subject to hydrolysis) is 1. The SMILES string of the molecule is C#CC1(O)[C@@H](OC(=O)NC(c2ccccc2)c2ccccc2)CN2C(=N)NC(CN3C(=O)CCC3=O)C3NC(=N)NC321. The van der Waals surface area contributed by atoms with E-state index in [0.717, 1.165) is 16.0 Å². The van der Waals surface area contributed by atoms with Gasteiger partial charge < -0.3 is 36.0 Å². The second kappa shape index (κ2) is 10.1. The monoisotopic (exact) mass is 570 g/mol. The van der Waals surface area contributed by atoms with Gasteiger partial charge in [0, 0.05) is 12.8 Å². The molecule has 0 bridgehead atoms. The summed E-state index contributed by atoms with van der Waals surface area (Å²) in [6.07, 6.45) is 3.96. The Kier molecular flexibility index (Phi) is 6.50. The van der Waals surface area contributed by atoms with E-state index in [-0.39, 0.29) is 49.7 Å². The van der Waals surface area contributed by atoms with Gasteiger partial charge >= 0.3 is 6.09 Å². The number of terminal acetylenes is 1. The second-order valence-corrected chi connectivity index (χ2v) is 10.7. The standard InChI is InChI=1S/C29H30N8O5/c1-2-28(41)20(42-27(40)33-23(17-9-5-3-6-10-17)18-11-7-4-8-12-18)16-37-26(31)32-19(15-36-21(38)13-14-22(36)39)24-29(28,37)35-25(30)34-24/h1,3-12,19-20,23-24,41H,13-16H2,(H2,31,32)(H,33,40)(H3,30,34,35)/t19?,20-,24?,28?,29?/m0/s1. The molecule has 13 heteroatoms. The number of guanidine groups is 2. The largest absolute Gasteiger partial charge is 0.440 e. The van der Waals surface area contributed by atoms with Crippen LogP contribution >= 0.6 is 0 Å². The van der Waals surface area contributed by atoms with E-state index < -0.39 is 41.6 Å². The highest BCUT2D eigenvalue weighted by molar-refractivity contribution is 6.02. The molecule has 4 aliphatic heterocycles. The van der Waals surface area contributed by atoms with Gasteiger partial charge in [0.05, 0.1) is 31.2 Å². The molecular formula is C29H30N8O5. The number of nitrogens with one attached hydrogen (secondary N) is 6. The summed E-state index contributed by atoms with van der Waals surface area (Å²) in [5.74, 6) is 1.35. The van der Waals surface area contributed by atoms with E-state index in [1.54, 1.807) is 0 Å². The number of imide groups is 1. The van der Waals surface area contributed by atoms with Crippen LogP contribution in [-0.4, -0.2) is 87.3 Å². The van der Waals surface area contributed by atoms with Gasteiger partial charge in [0.25, 0.3) is 0 Å². The highest BCUT2D eigenvalue weighted by Gasteiger charge is 2.75. The highest BCUT2D eigenvalue weighted by Crippen LogP contribution is 2.45. The maximum Gasteiger partial charge on any atom is 0.408 e. The number of aliphatic hydroxyl groups is 1. The Labute approximate surface area is 241 Å². The lowest BCUT2D eigenvalue weighted by atomic mass is 9.78. The number of hydrogen-bond donors (Lipinski definition) is 7. The van der Waals surface area contributed by atoms with Crippen LogP contribution < -0.4 is 21.3 Å². The van der Waals surface area contributed by atoms with E-state index >= 15 is 0 Å². The van der Waals surface area contributed by atoms with Crippen molar-refractivity contribution in [3.63, 3.8) is 0 Å². The minimum absolute atomic E-state index is 0.0959. The molecule has 0 aromatic heterocycles. The average molecular weight is 571 g/mol. The second-order valence-electron chi connectivity index (χ2n) is 10.7. The van der Waals surface area contributed by atoms with Gasteiger partial charge in [-0.1, -0.05) is 66.6 Å². The van der Waals surface area contributed by atoms with Crippen molar-refractivity contribution in [1.29, 1.82) is 10.8 Å². The Morgan fingerprint density at radius 2 is 1.67 bits per heavy atom. The van der Waals surface area contributed by atoms with Crippen LogP contribution in [0.2, 0.25) is 0 Å². The third kappa shape index (κ3) is 4.10. The van der Waals surface area contributed by atoms with Gasteiger partial charge in [0.2, 0.25) is 17.4 Å². The molecule has 216 valence electrons. The Bertz CT molecular complexity index is 1440. The van der Waals surface area contributed by atoms with E-state index in [1.165, 1.54) is 4.90 Å². The molecule has 1 spiro atoms. The summed E-state index contributed by atoms with van der Waals surface area (Å²) in [5, 5.41) is 40.9. The van der Waals surface area contributed by atoms with Crippen LogP contribution in [0, 0.1) is 23.2 Å². The van der Waals surface area contributed by atoms with Crippen molar-refractivity contribution in [3.05, 3.63) is 71.8 Å². The summed E-state index contributed by atoms with van der Waals surface area (Å²) < 4.78 is 5.81. The number of carbonyl (C=O) groups is 3. The number of nitrogens with zero attached hydrogens (tertiary/aromatic N) is 2. The average Bonchev–Trinajstić information content (AvgIpc) is 3.60. The van der Waals surface area contributed by atoms with Crippen LogP contribution in [0.25, 0.3) is 0 Å². The van der Waals surface area contributed by atoms with Crippen LogP contribution in [0.15, 0.2) is 60.7 Å². The van der Waals surface area contributed by atoms with Crippen molar-refractivity contribution in [2.45, 2.75) is 48.3 Å². The fraction of sp³-hybridized carbons (Fsp3) is 0.345. The van der Waals surface area contributed by atoms with Gasteiger partial charge in [0.1, 0.15) is 0 Å². The van der Waals surface area contributed by atoms with E-state index in [0.29, 0.717) is 0 Å². The number of amides is 3. The molecule has 4 heterocycles. The van der Waals surface area contributed by atoms with Crippen LogP contribution in [0.4, 0.5) is 4.79 Å². The Morgan fingerprint density at radius 1 is 1.07 bits per heavy atom. The first-order valence-corrected chi connectivity index (χ1v) is 13.5. The molecule has 2 aromatic carbocycles. The zero-order valence-electron chi connectivity index (χ0n) is 22.5. The molecule has 5 atom stereocenters. The first-order chi connectivity index (χ1) is 20.2. The molecule has 4 aliphatic rings. The fourth-order valence-corrected chi connectivity index (χ4v) is 6.45. The predicted molar refractivity (Wildman–Crippen MR) is 150 cm³/mol. The zero-order valence-corrected chi connectivity index (χ0v) is 22.5. The summed E-state index contributed by atoms with van der Waals surface area (Å²) in [7, 11) is 0. The third-order valence-electron chi connectivity index (χ3n) is 8.41. The molecule has 13 nitrogen and oxygen atoms in total. The number of ether oxygens (including phenoxy) is 1. The van der Waals surface area contributed by atoms with Crippen LogP contribution in [0.3, 0.4) is 0 Å². The van der Waals surface area contributed by atoms with Crippen molar-refractivity contribution in [3.8, 4) is 12.3 Å². The topological polar surface area (TPSA) is 183 Å². The Balaban J connectivity index is 1.29. The molecule has 2 aromatic rings. The number of likely N-dealkylation sites (tertiary alicyclic amines) is 1. The molecule has 3 amide bonds. The van der Waals surface area contributed by atoms with Gasteiger partial charge in [-0.15, -0.1) is 6.42 Å². The maximum atomic E-state index is 13.4. The molecular weight excluding hydrogens is 540 g/mol. The van der Waals surface area contributed by atoms with Crippen molar-refractivity contribution in [1.82, 2.24) is 31.1 Å². The molecule has 0 aliphatic carbocycles. The molecule has 42 heavy (non-hydrogen) atoms. The lowest BCUT2D eigenvalue weighted by molar-refractivity contribution is -0.139. The van der Waals surface area contributed by atoms with Crippen molar-refractivity contribution >= 4 is 29.8 Å². The molecule has 4 unspecified atom stereocenters. The lowest BCUT2D eigenvalue weighted by Gasteiger charge is -2.51. The zero-order chi connectivity index (χ0) is 29.6. The Morgan fingerprint density at radius 3 is 2.24 bits per heavy atom. The molecule has 6 rings (SSSR count). The summed E-state index contributed by atoms with van der Waals surface area (Å²) in [6.45, 7) is -0.279. The summed E-state index contributed by atoms with van der Waals surface area (Å²) in [5.41, 5.74) is -2.30. The molecule has 0 radical (unpaired) electrons. The summed E-state index contributed by atoms with van der Waals surface area (Å²) in [4.78, 5) is 40.7. The minimum atomic E-state index is -2.23. The van der Waals surface area contributed by atoms with E-state index in [4.69, 9.17) is 22.0 Å². The molecule has 4 saturated heterocycles. The molecule has 4 fully saturated rings. The molecule has 7 N–H and O–H groups in total. The number of rotatable bonds is 6. The maximum absolute atomic E-state index is 13.4. The van der Waals surface area contributed by atoms with Crippen molar-refractivity contribution in [2.75, 3.05) is 13.1 Å². The third-order valence-corrected chi connectivity index (χ3v) is 8.41. The minimum Gasteiger partial charge on any atom is -0.440 e. The van der Waals surface area contributed by atoms with Crippen molar-refractivity contribution in [2.24, 2.45) is 0 Å². The van der Waals surface area contributed by atoms with Gasteiger partial charge in [-0.3, -0.25) is 25.3 Å². The van der Waals surface area contributed by atoms with Crippen LogP contribution in [0.1, 0.15) is 30.0 Å². The highest BCUT2D eigenvalue weighted by atomic mass is 16.6. The quantitative estimate of drug-likeness (QED) is 0.183. The van der Waals surface area contributed by atoms with Crippen molar-refractivity contribution < 1.29 is 24.2 Å². The van der Waals surface area contributed by atoms with E-state index in [1.807, 2.05) is 60.7 Å². The number of benzene rings is 2. The first kappa shape index (κ1) is 27.1. The normalized spacial score (nSPS) is 29.8. The van der Waals surface area contributed by atoms with Gasteiger partial charge in [-0.2, -0.15) is 0 Å². The van der Waals surface area contributed by atoms with E-state index in [2.05, 4.69) is 27.2 Å². The summed E-state index contributed by atoms with van der Waals surface area (Å²) >= 11 is 0. The predicted octanol–water partition coefficient (Wildman–Crippen LogP) is -0.201. The molecule has 0 saturated carbocycles. The number of hydrogen-bond acceptors (Lipinski definition) is 7. The fourth-order valence-electron chi connectivity index (χ4n) is 6.45. The lowest BCUT2D eigenvalue weighted by Crippen LogP contribution is -2.81. The van der Waals surface area contributed by atoms with E-state index in [9.17, 15) is 19.5 Å². The van der Waals surface area contributed by atoms with Crippen LogP contribution in [-0.2, 0) is 14.3 Å². The number of carbonyl (C=O) groups excluding carboxylic acids is 3. The van der Waals surface area contributed by atoms with Gasteiger partial charge in [-0.25, -0.2) is 4.79 Å². The van der Waals surface area contributed by atoms with Gasteiger partial charge in [-0.05, 0) is 11.1 Å². The first-order valence-electron chi connectivity index (χ1n) is 13.5. The Hall–Kier alpha value is -5.09. The van der Waals surface area contributed by atoms with Crippen LogP contribution in [0.5, 0.6) is 0 Å².